The lowest BCUT2D eigenvalue weighted by Crippen LogP contribution is -2.50. The summed E-state index contributed by atoms with van der Waals surface area (Å²) in [6.45, 7) is 6.36. The molecule has 1 unspecified atom stereocenters. The van der Waals surface area contributed by atoms with Crippen LogP contribution >= 0.6 is 0 Å². The minimum atomic E-state index is -4.15. The summed E-state index contributed by atoms with van der Waals surface area (Å²) in [5.41, 5.74) is 3.25. The molecule has 2 amide bonds. The van der Waals surface area contributed by atoms with E-state index in [2.05, 4.69) is 5.32 Å². The van der Waals surface area contributed by atoms with Gasteiger partial charge in [-0.05, 0) is 69.2 Å². The Balaban J connectivity index is 2.07. The van der Waals surface area contributed by atoms with Gasteiger partial charge in [-0.1, -0.05) is 42.0 Å². The molecule has 0 spiro atoms. The number of rotatable bonds is 9. The van der Waals surface area contributed by atoms with Crippen LogP contribution in [-0.2, 0) is 26.2 Å². The van der Waals surface area contributed by atoms with E-state index in [1.807, 2.05) is 20.8 Å². The Morgan fingerprint density at radius 1 is 0.946 bits per heavy atom. The fourth-order valence-corrected chi connectivity index (χ4v) is 5.25. The lowest BCUT2D eigenvalue weighted by atomic mass is 10.1. The number of aryl methyl sites for hydroxylation is 3. The van der Waals surface area contributed by atoms with Crippen molar-refractivity contribution < 1.29 is 22.4 Å². The lowest BCUT2D eigenvalue weighted by Gasteiger charge is -2.32. The van der Waals surface area contributed by atoms with Gasteiger partial charge in [0, 0.05) is 19.2 Å². The van der Waals surface area contributed by atoms with Crippen LogP contribution in [0.15, 0.2) is 71.6 Å². The van der Waals surface area contributed by atoms with E-state index in [-0.39, 0.29) is 17.0 Å². The Kier molecular flexibility index (Phi) is 8.70. The lowest BCUT2D eigenvalue weighted by molar-refractivity contribution is -0.139. The molecular weight excluding hydrogens is 493 g/mol. The number of likely N-dealkylation sites (N-methyl/N-ethyl adjacent to an activating group) is 1. The van der Waals surface area contributed by atoms with Crippen LogP contribution in [0.2, 0.25) is 0 Å². The zero-order valence-corrected chi connectivity index (χ0v) is 22.5. The zero-order chi connectivity index (χ0) is 27.3. The smallest absolute Gasteiger partial charge is 0.264 e. The molecule has 0 heterocycles. The number of halogens is 1. The molecule has 0 saturated heterocycles. The first-order valence-electron chi connectivity index (χ1n) is 11.9. The molecule has 1 atom stereocenters. The van der Waals surface area contributed by atoms with Gasteiger partial charge < -0.3 is 10.2 Å². The van der Waals surface area contributed by atoms with Gasteiger partial charge in [-0.3, -0.25) is 13.9 Å². The highest BCUT2D eigenvalue weighted by atomic mass is 32.2. The molecule has 1 N–H and O–H groups in total. The Morgan fingerprint density at radius 2 is 1.59 bits per heavy atom. The summed E-state index contributed by atoms with van der Waals surface area (Å²) in [6, 6.07) is 16.5. The van der Waals surface area contributed by atoms with Crippen LogP contribution in [0.3, 0.4) is 0 Å². The molecule has 3 rings (SSSR count). The molecule has 3 aromatic carbocycles. The fourth-order valence-electron chi connectivity index (χ4n) is 3.85. The van der Waals surface area contributed by atoms with E-state index in [9.17, 15) is 22.4 Å². The number of hydrogen-bond donors (Lipinski definition) is 1. The summed E-state index contributed by atoms with van der Waals surface area (Å²) < 4.78 is 43.1. The predicted octanol–water partition coefficient (Wildman–Crippen LogP) is 4.11. The third-order valence-electron chi connectivity index (χ3n) is 6.38. The summed E-state index contributed by atoms with van der Waals surface area (Å²) in [4.78, 5) is 27.4. The number of nitrogens with zero attached hydrogens (tertiary/aromatic N) is 2. The van der Waals surface area contributed by atoms with E-state index in [0.717, 1.165) is 21.0 Å². The van der Waals surface area contributed by atoms with E-state index >= 15 is 0 Å². The van der Waals surface area contributed by atoms with Crippen molar-refractivity contribution in [2.24, 2.45) is 0 Å². The molecule has 196 valence electrons. The molecule has 0 aromatic heterocycles. The number of carbonyl (C=O) groups excluding carboxylic acids is 2. The zero-order valence-electron chi connectivity index (χ0n) is 21.7. The standard InChI is InChI=1S/C28H32FN3O4S/c1-19-10-14-25(15-11-19)37(35,36)32(24-13-12-20(2)21(3)16-24)18-27(33)31(22(4)28(34)30-5)17-23-8-6-7-9-26(23)29/h6-16,22H,17-18H2,1-5H3,(H,30,34). The summed E-state index contributed by atoms with van der Waals surface area (Å²) in [5.74, 6) is -1.63. The first-order chi connectivity index (χ1) is 17.4. The third-order valence-corrected chi connectivity index (χ3v) is 8.17. The van der Waals surface area contributed by atoms with E-state index in [1.54, 1.807) is 36.4 Å². The van der Waals surface area contributed by atoms with E-state index in [4.69, 9.17) is 0 Å². The van der Waals surface area contributed by atoms with Gasteiger partial charge in [0.25, 0.3) is 10.0 Å². The Labute approximate surface area is 218 Å². The van der Waals surface area contributed by atoms with Crippen molar-refractivity contribution in [3.8, 4) is 0 Å². The molecular formula is C28H32FN3O4S. The third kappa shape index (κ3) is 6.35. The molecule has 0 aliphatic carbocycles. The number of sulfonamides is 1. The summed E-state index contributed by atoms with van der Waals surface area (Å²) in [6.07, 6.45) is 0. The van der Waals surface area contributed by atoms with Gasteiger partial charge >= 0.3 is 0 Å². The van der Waals surface area contributed by atoms with Crippen LogP contribution in [0.25, 0.3) is 0 Å². The maximum absolute atomic E-state index is 14.5. The molecule has 3 aromatic rings. The number of carbonyl (C=O) groups is 2. The van der Waals surface area contributed by atoms with Crippen LogP contribution in [0.4, 0.5) is 10.1 Å². The molecule has 0 fully saturated rings. The van der Waals surface area contributed by atoms with Crippen LogP contribution in [0, 0.1) is 26.6 Å². The maximum Gasteiger partial charge on any atom is 0.264 e. The van der Waals surface area contributed by atoms with E-state index in [0.29, 0.717) is 5.69 Å². The van der Waals surface area contributed by atoms with Gasteiger partial charge in [0.15, 0.2) is 0 Å². The summed E-state index contributed by atoms with van der Waals surface area (Å²) in [7, 11) is -2.71. The van der Waals surface area contributed by atoms with Gasteiger partial charge in [-0.15, -0.1) is 0 Å². The Bertz CT molecular complexity index is 1390. The first-order valence-corrected chi connectivity index (χ1v) is 13.3. The van der Waals surface area contributed by atoms with Crippen molar-refractivity contribution in [1.82, 2.24) is 10.2 Å². The van der Waals surface area contributed by atoms with E-state index < -0.39 is 40.2 Å². The monoisotopic (exact) mass is 525 g/mol. The van der Waals surface area contributed by atoms with E-state index in [1.165, 1.54) is 49.2 Å². The summed E-state index contributed by atoms with van der Waals surface area (Å²) in [5, 5.41) is 2.50. The van der Waals surface area contributed by atoms with Gasteiger partial charge in [-0.2, -0.15) is 0 Å². The highest BCUT2D eigenvalue weighted by Gasteiger charge is 2.32. The van der Waals surface area contributed by atoms with Gasteiger partial charge in [0.1, 0.15) is 18.4 Å². The van der Waals surface area contributed by atoms with Gasteiger partial charge in [0.05, 0.1) is 10.6 Å². The number of benzene rings is 3. The molecule has 0 bridgehead atoms. The van der Waals surface area contributed by atoms with Crippen molar-refractivity contribution in [1.29, 1.82) is 0 Å². The average molecular weight is 526 g/mol. The Hall–Kier alpha value is -3.72. The highest BCUT2D eigenvalue weighted by Crippen LogP contribution is 2.27. The molecule has 0 radical (unpaired) electrons. The highest BCUT2D eigenvalue weighted by molar-refractivity contribution is 7.92. The Morgan fingerprint density at radius 3 is 2.19 bits per heavy atom. The quantitative estimate of drug-likeness (QED) is 0.456. The normalized spacial score (nSPS) is 12.1. The second-order valence-electron chi connectivity index (χ2n) is 9.00. The maximum atomic E-state index is 14.5. The van der Waals surface area contributed by atoms with Crippen LogP contribution in [0.5, 0.6) is 0 Å². The van der Waals surface area contributed by atoms with Crippen molar-refractivity contribution in [3.63, 3.8) is 0 Å². The molecule has 9 heteroatoms. The second kappa shape index (κ2) is 11.6. The predicted molar refractivity (Wildman–Crippen MR) is 142 cm³/mol. The molecule has 7 nitrogen and oxygen atoms in total. The number of amides is 2. The van der Waals surface area contributed by atoms with Crippen molar-refractivity contribution in [3.05, 3.63) is 94.8 Å². The fraction of sp³-hybridized carbons (Fsp3) is 0.286. The molecule has 0 aliphatic rings. The average Bonchev–Trinajstić information content (AvgIpc) is 2.87. The number of hydrogen-bond acceptors (Lipinski definition) is 4. The summed E-state index contributed by atoms with van der Waals surface area (Å²) >= 11 is 0. The van der Waals surface area contributed by atoms with Gasteiger partial charge in [-0.25, -0.2) is 12.8 Å². The number of nitrogens with one attached hydrogen (secondary N) is 1. The minimum Gasteiger partial charge on any atom is -0.357 e. The molecule has 0 aliphatic heterocycles. The second-order valence-corrected chi connectivity index (χ2v) is 10.9. The minimum absolute atomic E-state index is 0.0316. The van der Waals surface area contributed by atoms with Crippen molar-refractivity contribution in [2.75, 3.05) is 17.9 Å². The van der Waals surface area contributed by atoms with Crippen LogP contribution in [-0.4, -0.2) is 44.8 Å². The van der Waals surface area contributed by atoms with Crippen molar-refractivity contribution in [2.45, 2.75) is 45.2 Å². The van der Waals surface area contributed by atoms with Crippen LogP contribution in [0.1, 0.15) is 29.2 Å². The van der Waals surface area contributed by atoms with Crippen LogP contribution < -0.4 is 9.62 Å². The SMILES string of the molecule is CNC(=O)C(C)N(Cc1ccccc1F)C(=O)CN(c1ccc(C)c(C)c1)S(=O)(=O)c1ccc(C)cc1. The topological polar surface area (TPSA) is 86.8 Å². The first kappa shape index (κ1) is 27.9. The van der Waals surface area contributed by atoms with Gasteiger partial charge in [0.2, 0.25) is 11.8 Å². The largest absolute Gasteiger partial charge is 0.357 e. The molecule has 0 saturated carbocycles. The molecule has 37 heavy (non-hydrogen) atoms. The van der Waals surface area contributed by atoms with Crippen molar-refractivity contribution >= 4 is 27.5 Å². The number of anilines is 1.